The Morgan fingerprint density at radius 2 is 1.96 bits per heavy atom. The number of imidazole rings is 2. The van der Waals surface area contributed by atoms with E-state index in [0.717, 1.165) is 17.7 Å². The van der Waals surface area contributed by atoms with Crippen LogP contribution in [-0.2, 0) is 6.54 Å². The number of rotatable bonds is 3. The van der Waals surface area contributed by atoms with E-state index in [1.54, 1.807) is 18.5 Å². The maximum absolute atomic E-state index is 13.7. The van der Waals surface area contributed by atoms with E-state index in [1.165, 1.54) is 21.7 Å². The number of hydrogen-bond acceptors (Lipinski definition) is 5. The van der Waals surface area contributed by atoms with Crippen LogP contribution in [0, 0.1) is 11.6 Å². The zero-order valence-corrected chi connectivity index (χ0v) is 14.2. The second kappa shape index (κ2) is 6.05. The number of benzene rings is 1. The summed E-state index contributed by atoms with van der Waals surface area (Å²) in [5, 5.41) is 0. The molecule has 0 saturated heterocycles. The predicted octanol–water partition coefficient (Wildman–Crippen LogP) is 2.18. The number of aromatic nitrogens is 7. The molecule has 0 spiro atoms. The zero-order chi connectivity index (χ0) is 19.3. The first-order valence-corrected chi connectivity index (χ1v) is 8.27. The topological polar surface area (TPSA) is 94.3 Å². The fourth-order valence-corrected chi connectivity index (χ4v) is 3.04. The van der Waals surface area contributed by atoms with Crippen molar-refractivity contribution in [1.29, 1.82) is 0 Å². The van der Waals surface area contributed by atoms with Gasteiger partial charge in [0.05, 0.1) is 23.8 Å². The molecule has 1 aromatic carbocycles. The highest BCUT2D eigenvalue weighted by molar-refractivity contribution is 5.77. The lowest BCUT2D eigenvalue weighted by atomic mass is 10.3. The van der Waals surface area contributed by atoms with Crippen molar-refractivity contribution in [3.63, 3.8) is 0 Å². The summed E-state index contributed by atoms with van der Waals surface area (Å²) in [6.45, 7) is 0.271. The van der Waals surface area contributed by atoms with Gasteiger partial charge in [-0.15, -0.1) is 0 Å². The summed E-state index contributed by atoms with van der Waals surface area (Å²) < 4.78 is 30.0. The Hall–Kier alpha value is -3.95. The maximum Gasteiger partial charge on any atom is 0.328 e. The van der Waals surface area contributed by atoms with Gasteiger partial charge in [0, 0.05) is 24.5 Å². The van der Waals surface area contributed by atoms with Crippen LogP contribution < -0.4 is 5.69 Å². The summed E-state index contributed by atoms with van der Waals surface area (Å²) >= 11 is 0. The summed E-state index contributed by atoms with van der Waals surface area (Å²) in [6.07, 6.45) is 6.15. The Bertz CT molecular complexity index is 1390. The van der Waals surface area contributed by atoms with Crippen molar-refractivity contribution < 1.29 is 8.78 Å². The van der Waals surface area contributed by atoms with Gasteiger partial charge in [0.15, 0.2) is 17.3 Å². The highest BCUT2D eigenvalue weighted by atomic mass is 19.2. The van der Waals surface area contributed by atoms with Gasteiger partial charge in [-0.2, -0.15) is 4.98 Å². The van der Waals surface area contributed by atoms with Crippen molar-refractivity contribution in [1.82, 2.24) is 34.1 Å². The van der Waals surface area contributed by atoms with Crippen LogP contribution in [0.15, 0.2) is 54.0 Å². The monoisotopic (exact) mass is 379 g/mol. The van der Waals surface area contributed by atoms with E-state index in [9.17, 15) is 13.6 Å². The van der Waals surface area contributed by atoms with E-state index < -0.39 is 11.6 Å². The SMILES string of the molecule is O=c1[nH]c2cnc(-n3cnc4cc(F)c(F)cc43)nc2n1Cc1cccnc1. The second-order valence-corrected chi connectivity index (χ2v) is 6.15. The molecule has 0 unspecified atom stereocenters. The number of pyridine rings is 1. The van der Waals surface area contributed by atoms with E-state index in [4.69, 9.17) is 0 Å². The molecule has 0 saturated carbocycles. The molecule has 8 nitrogen and oxygen atoms in total. The molecule has 0 aliphatic carbocycles. The first-order chi connectivity index (χ1) is 13.6. The van der Waals surface area contributed by atoms with Crippen molar-refractivity contribution >= 4 is 22.2 Å². The summed E-state index contributed by atoms with van der Waals surface area (Å²) in [7, 11) is 0. The van der Waals surface area contributed by atoms with Crippen LogP contribution in [0.3, 0.4) is 0 Å². The van der Waals surface area contributed by atoms with Gasteiger partial charge < -0.3 is 4.98 Å². The van der Waals surface area contributed by atoms with Gasteiger partial charge in [-0.1, -0.05) is 6.07 Å². The van der Waals surface area contributed by atoms with E-state index in [-0.39, 0.29) is 23.7 Å². The lowest BCUT2D eigenvalue weighted by Crippen LogP contribution is -2.18. The molecule has 0 atom stereocenters. The highest BCUT2D eigenvalue weighted by Gasteiger charge is 2.15. The average Bonchev–Trinajstić information content (AvgIpc) is 3.23. The van der Waals surface area contributed by atoms with Gasteiger partial charge in [0.25, 0.3) is 0 Å². The molecule has 4 aromatic heterocycles. The Balaban J connectivity index is 1.67. The molecule has 4 heterocycles. The van der Waals surface area contributed by atoms with E-state index in [2.05, 4.69) is 24.9 Å². The number of fused-ring (bicyclic) bond motifs is 2. The van der Waals surface area contributed by atoms with Crippen LogP contribution in [0.5, 0.6) is 0 Å². The van der Waals surface area contributed by atoms with E-state index >= 15 is 0 Å². The van der Waals surface area contributed by atoms with Crippen molar-refractivity contribution in [2.24, 2.45) is 0 Å². The van der Waals surface area contributed by atoms with Crippen LogP contribution >= 0.6 is 0 Å². The van der Waals surface area contributed by atoms with Gasteiger partial charge in [0.2, 0.25) is 5.95 Å². The largest absolute Gasteiger partial charge is 0.328 e. The Labute approximate surface area is 155 Å². The number of hydrogen-bond donors (Lipinski definition) is 1. The van der Waals surface area contributed by atoms with Crippen LogP contribution in [0.2, 0.25) is 0 Å². The van der Waals surface area contributed by atoms with Crippen molar-refractivity contribution in [2.75, 3.05) is 0 Å². The molecule has 28 heavy (non-hydrogen) atoms. The minimum atomic E-state index is -0.995. The third-order valence-electron chi connectivity index (χ3n) is 4.37. The molecule has 0 radical (unpaired) electrons. The lowest BCUT2D eigenvalue weighted by Gasteiger charge is -2.05. The van der Waals surface area contributed by atoms with Crippen LogP contribution in [0.25, 0.3) is 28.1 Å². The summed E-state index contributed by atoms with van der Waals surface area (Å²) in [5.41, 5.74) is 1.91. The van der Waals surface area contributed by atoms with Gasteiger partial charge in [0.1, 0.15) is 11.8 Å². The fraction of sp³-hybridized carbons (Fsp3) is 0.0556. The number of nitrogens with one attached hydrogen (secondary N) is 1. The van der Waals surface area contributed by atoms with Crippen LogP contribution in [0.1, 0.15) is 5.56 Å². The van der Waals surface area contributed by atoms with E-state index in [0.29, 0.717) is 16.7 Å². The molecule has 0 fully saturated rings. The number of H-pyrrole nitrogens is 1. The van der Waals surface area contributed by atoms with Crippen molar-refractivity contribution in [3.05, 3.63) is 76.9 Å². The van der Waals surface area contributed by atoms with Crippen molar-refractivity contribution in [2.45, 2.75) is 6.54 Å². The molecule has 5 aromatic rings. The molecule has 0 aliphatic rings. The van der Waals surface area contributed by atoms with Gasteiger partial charge in [-0.05, 0) is 11.6 Å². The van der Waals surface area contributed by atoms with Crippen molar-refractivity contribution in [3.8, 4) is 5.95 Å². The third-order valence-corrected chi connectivity index (χ3v) is 4.37. The maximum atomic E-state index is 13.7. The molecule has 0 bridgehead atoms. The van der Waals surface area contributed by atoms with E-state index in [1.807, 2.05) is 6.07 Å². The molecular weight excluding hydrogens is 368 g/mol. The predicted molar refractivity (Wildman–Crippen MR) is 96.0 cm³/mol. The van der Waals surface area contributed by atoms with Gasteiger partial charge in [-0.3, -0.25) is 14.1 Å². The standard InChI is InChI=1S/C18H11F2N7O/c19-11-4-13-15(5-12(11)20)27(9-23-13)17-22-7-14-16(25-17)26(18(28)24-14)8-10-2-1-3-21-6-10/h1-7,9H,8H2,(H,24,28). The minimum absolute atomic E-state index is 0.181. The molecule has 138 valence electrons. The number of aromatic amines is 1. The smallest absolute Gasteiger partial charge is 0.303 e. The lowest BCUT2D eigenvalue weighted by molar-refractivity contribution is 0.510. The summed E-state index contributed by atoms with van der Waals surface area (Å²) in [5.74, 6) is -1.80. The summed E-state index contributed by atoms with van der Waals surface area (Å²) in [4.78, 5) is 31.8. The summed E-state index contributed by atoms with van der Waals surface area (Å²) in [6, 6.07) is 5.67. The average molecular weight is 379 g/mol. The van der Waals surface area contributed by atoms with Gasteiger partial charge >= 0.3 is 5.69 Å². The zero-order valence-electron chi connectivity index (χ0n) is 14.2. The molecular formula is C18H11F2N7O. The molecule has 0 aliphatic heterocycles. The molecule has 0 amide bonds. The Kier molecular flexibility index (Phi) is 3.51. The minimum Gasteiger partial charge on any atom is -0.303 e. The van der Waals surface area contributed by atoms with Gasteiger partial charge in [-0.25, -0.2) is 23.5 Å². The molecule has 5 rings (SSSR count). The van der Waals surface area contributed by atoms with Crippen LogP contribution in [-0.4, -0.2) is 34.1 Å². The Morgan fingerprint density at radius 1 is 1.11 bits per heavy atom. The Morgan fingerprint density at radius 3 is 2.79 bits per heavy atom. The quantitative estimate of drug-likeness (QED) is 0.519. The third kappa shape index (κ3) is 2.54. The fourth-order valence-electron chi connectivity index (χ4n) is 3.04. The first-order valence-electron chi connectivity index (χ1n) is 8.27. The number of nitrogens with zero attached hydrogens (tertiary/aromatic N) is 6. The van der Waals surface area contributed by atoms with Crippen LogP contribution in [0.4, 0.5) is 8.78 Å². The number of halogens is 2. The highest BCUT2D eigenvalue weighted by Crippen LogP contribution is 2.20. The second-order valence-electron chi connectivity index (χ2n) is 6.15. The first kappa shape index (κ1) is 16.2. The normalized spacial score (nSPS) is 11.5. The molecule has 1 N–H and O–H groups in total. The molecule has 10 heteroatoms.